The van der Waals surface area contributed by atoms with E-state index < -0.39 is 15.3 Å². The van der Waals surface area contributed by atoms with Crippen LogP contribution in [0.3, 0.4) is 0 Å². The van der Waals surface area contributed by atoms with Crippen molar-refractivity contribution in [1.82, 2.24) is 19.5 Å². The number of rotatable bonds is 3. The van der Waals surface area contributed by atoms with Gasteiger partial charge in [0.15, 0.2) is 10.1 Å². The van der Waals surface area contributed by atoms with E-state index in [-0.39, 0.29) is 10.1 Å². The van der Waals surface area contributed by atoms with E-state index in [4.69, 9.17) is 0 Å². The van der Waals surface area contributed by atoms with Gasteiger partial charge in [-0.15, -0.1) is 0 Å². The Morgan fingerprint density at radius 3 is 1.95 bits per heavy atom. The molecule has 0 spiro atoms. The summed E-state index contributed by atoms with van der Waals surface area (Å²) in [6.45, 7) is 0. The molecule has 1 aliphatic rings. The van der Waals surface area contributed by atoms with Gasteiger partial charge in [-0.05, 0) is 53.6 Å². The maximum absolute atomic E-state index is 13.9. The molecule has 3 aromatic carbocycles. The lowest BCUT2D eigenvalue weighted by Gasteiger charge is -2.40. The van der Waals surface area contributed by atoms with Crippen molar-refractivity contribution < 1.29 is 8.42 Å². The SMILES string of the molecule is O=S1(=O)c2ncccc2C(c2ccccc2)(c2ccc3c(c2)c2ccccc2n3-c2cccnc2)c2cccnc21. The lowest BCUT2D eigenvalue weighted by Crippen LogP contribution is -2.38. The third-order valence-electron chi connectivity index (χ3n) is 8.08. The zero-order valence-corrected chi connectivity index (χ0v) is 22.5. The first-order valence-electron chi connectivity index (χ1n) is 13.3. The molecule has 196 valence electrons. The highest BCUT2D eigenvalue weighted by Crippen LogP contribution is 2.53. The lowest BCUT2D eigenvalue weighted by atomic mass is 9.65. The summed E-state index contributed by atoms with van der Waals surface area (Å²) in [5.41, 5.74) is 5.20. The molecule has 0 N–H and O–H groups in total. The van der Waals surface area contributed by atoms with E-state index in [9.17, 15) is 8.42 Å². The van der Waals surface area contributed by atoms with E-state index in [1.807, 2.05) is 60.8 Å². The van der Waals surface area contributed by atoms with Crippen molar-refractivity contribution in [3.63, 3.8) is 0 Å². The molecule has 0 saturated heterocycles. The first-order chi connectivity index (χ1) is 20.1. The average molecular weight is 551 g/mol. The van der Waals surface area contributed by atoms with Gasteiger partial charge >= 0.3 is 0 Å². The number of aromatic nitrogens is 4. The molecule has 7 heteroatoms. The van der Waals surface area contributed by atoms with Gasteiger partial charge in [0.05, 0.1) is 28.3 Å². The lowest BCUT2D eigenvalue weighted by molar-refractivity contribution is 0.564. The predicted octanol–water partition coefficient (Wildman–Crippen LogP) is 6.50. The molecule has 0 radical (unpaired) electrons. The number of nitrogens with zero attached hydrogens (tertiary/aromatic N) is 4. The van der Waals surface area contributed by atoms with Gasteiger partial charge in [0.25, 0.3) is 0 Å². The minimum atomic E-state index is -3.93. The van der Waals surface area contributed by atoms with E-state index in [0.717, 1.165) is 38.6 Å². The molecular weight excluding hydrogens is 528 g/mol. The van der Waals surface area contributed by atoms with E-state index >= 15 is 0 Å². The second-order valence-electron chi connectivity index (χ2n) is 10.1. The van der Waals surface area contributed by atoms with Gasteiger partial charge < -0.3 is 4.57 Å². The normalized spacial score (nSPS) is 14.9. The second kappa shape index (κ2) is 8.68. The van der Waals surface area contributed by atoms with Gasteiger partial charge in [0, 0.05) is 40.5 Å². The van der Waals surface area contributed by atoms with Gasteiger partial charge in [-0.3, -0.25) is 4.98 Å². The Hall–Kier alpha value is -5.14. The van der Waals surface area contributed by atoms with Crippen LogP contribution in [-0.2, 0) is 15.3 Å². The smallest absolute Gasteiger partial charge is 0.241 e. The van der Waals surface area contributed by atoms with E-state index in [2.05, 4.69) is 62.0 Å². The highest BCUT2D eigenvalue weighted by atomic mass is 32.2. The third kappa shape index (κ3) is 3.18. The number of pyridine rings is 3. The quantitative estimate of drug-likeness (QED) is 0.251. The van der Waals surface area contributed by atoms with E-state index in [0.29, 0.717) is 11.1 Å². The second-order valence-corrected chi connectivity index (χ2v) is 11.9. The van der Waals surface area contributed by atoms with Gasteiger partial charge in [-0.25, -0.2) is 18.4 Å². The van der Waals surface area contributed by atoms with Crippen LogP contribution in [0, 0.1) is 0 Å². The Kier molecular flexibility index (Phi) is 5.02. The first-order valence-corrected chi connectivity index (χ1v) is 14.8. The number of sulfone groups is 1. The maximum Gasteiger partial charge on any atom is 0.241 e. The first kappa shape index (κ1) is 23.7. The fourth-order valence-electron chi connectivity index (χ4n) is 6.46. The van der Waals surface area contributed by atoms with Gasteiger partial charge in [0.2, 0.25) is 9.84 Å². The van der Waals surface area contributed by atoms with E-state index in [1.165, 1.54) is 12.4 Å². The van der Waals surface area contributed by atoms with Crippen LogP contribution in [0.5, 0.6) is 0 Å². The number of hydrogen-bond donors (Lipinski definition) is 0. The van der Waals surface area contributed by atoms with Crippen molar-refractivity contribution >= 4 is 31.6 Å². The molecule has 8 rings (SSSR count). The summed E-state index contributed by atoms with van der Waals surface area (Å²) >= 11 is 0. The maximum atomic E-state index is 13.9. The summed E-state index contributed by atoms with van der Waals surface area (Å²) in [6, 6.07) is 36.1. The van der Waals surface area contributed by atoms with E-state index in [1.54, 1.807) is 18.3 Å². The van der Waals surface area contributed by atoms with Crippen LogP contribution in [-0.4, -0.2) is 27.9 Å². The van der Waals surface area contributed by atoms with Crippen LogP contribution in [0.1, 0.15) is 22.3 Å². The molecular formula is C34H22N4O2S. The molecule has 4 aromatic heterocycles. The van der Waals surface area contributed by atoms with Crippen molar-refractivity contribution in [2.75, 3.05) is 0 Å². The van der Waals surface area contributed by atoms with Crippen LogP contribution in [0.4, 0.5) is 0 Å². The largest absolute Gasteiger partial charge is 0.308 e. The van der Waals surface area contributed by atoms with Crippen molar-refractivity contribution in [1.29, 1.82) is 0 Å². The monoisotopic (exact) mass is 550 g/mol. The Bertz CT molecular complexity index is 2170. The van der Waals surface area contributed by atoms with Gasteiger partial charge in [0.1, 0.15) is 0 Å². The van der Waals surface area contributed by atoms with Crippen LogP contribution in [0.25, 0.3) is 27.5 Å². The zero-order chi connectivity index (χ0) is 27.6. The number of hydrogen-bond acceptors (Lipinski definition) is 5. The highest BCUT2D eigenvalue weighted by molar-refractivity contribution is 7.91. The number of fused-ring (bicyclic) bond motifs is 5. The zero-order valence-electron chi connectivity index (χ0n) is 21.7. The fraction of sp³-hybridized carbons (Fsp3) is 0.0294. The molecule has 0 saturated carbocycles. The molecule has 6 nitrogen and oxygen atoms in total. The molecule has 0 atom stereocenters. The molecule has 0 amide bonds. The summed E-state index contributed by atoms with van der Waals surface area (Å²) in [5, 5.41) is 2.22. The fourth-order valence-corrected chi connectivity index (χ4v) is 8.07. The Labute approximate surface area is 236 Å². The highest BCUT2D eigenvalue weighted by Gasteiger charge is 2.50. The molecule has 0 bridgehead atoms. The summed E-state index contributed by atoms with van der Waals surface area (Å²) < 4.78 is 29.9. The van der Waals surface area contributed by atoms with Gasteiger partial charge in [-0.1, -0.05) is 66.7 Å². The molecule has 1 aliphatic heterocycles. The summed E-state index contributed by atoms with van der Waals surface area (Å²) in [4.78, 5) is 13.2. The van der Waals surface area contributed by atoms with Gasteiger partial charge in [-0.2, -0.15) is 0 Å². The Morgan fingerprint density at radius 2 is 1.24 bits per heavy atom. The molecule has 5 heterocycles. The summed E-state index contributed by atoms with van der Waals surface area (Å²) in [5.74, 6) is 0. The summed E-state index contributed by atoms with van der Waals surface area (Å²) in [6.07, 6.45) is 6.70. The molecule has 0 aliphatic carbocycles. The van der Waals surface area contributed by atoms with Crippen molar-refractivity contribution in [2.45, 2.75) is 15.5 Å². The van der Waals surface area contributed by atoms with Crippen molar-refractivity contribution in [3.05, 3.63) is 156 Å². The molecule has 0 unspecified atom stereocenters. The molecule has 0 fully saturated rings. The standard InChI is InChI=1S/C34H22N4O2S/c39-41(40)32-28(13-7-19-36-32)34(23-9-2-1-3-10-23,29-14-8-20-37-33(29)41)24-16-17-31-27(21-24)26-12-4-5-15-30(26)38(31)25-11-6-18-35-22-25/h1-22H. The van der Waals surface area contributed by atoms with Crippen molar-refractivity contribution in [3.8, 4) is 5.69 Å². The third-order valence-corrected chi connectivity index (χ3v) is 9.74. The van der Waals surface area contributed by atoms with Crippen LogP contribution >= 0.6 is 0 Å². The topological polar surface area (TPSA) is 77.7 Å². The van der Waals surface area contributed by atoms with Crippen LogP contribution in [0.2, 0.25) is 0 Å². The predicted molar refractivity (Wildman–Crippen MR) is 158 cm³/mol. The molecule has 41 heavy (non-hydrogen) atoms. The number of para-hydroxylation sites is 1. The average Bonchev–Trinajstić information content (AvgIpc) is 3.36. The molecule has 7 aromatic rings. The minimum Gasteiger partial charge on any atom is -0.308 e. The Morgan fingerprint density at radius 1 is 0.585 bits per heavy atom. The van der Waals surface area contributed by atoms with Crippen LogP contribution in [0.15, 0.2) is 144 Å². The van der Waals surface area contributed by atoms with Crippen molar-refractivity contribution in [2.24, 2.45) is 0 Å². The minimum absolute atomic E-state index is 0.0351. The summed E-state index contributed by atoms with van der Waals surface area (Å²) in [7, 11) is -3.93. The Balaban J connectivity index is 1.55. The number of benzene rings is 3. The van der Waals surface area contributed by atoms with Crippen LogP contribution < -0.4 is 0 Å².